The first-order valence-corrected chi connectivity index (χ1v) is 12.6. The zero-order valence-corrected chi connectivity index (χ0v) is 20.8. The quantitative estimate of drug-likeness (QED) is 0.340. The van der Waals surface area contributed by atoms with Crippen molar-refractivity contribution in [3.63, 3.8) is 0 Å². The van der Waals surface area contributed by atoms with Crippen molar-refractivity contribution in [2.45, 2.75) is 0 Å². The molecule has 2 aromatic heterocycles. The Morgan fingerprint density at radius 3 is 1.34 bits per heavy atom. The van der Waals surface area contributed by atoms with E-state index in [4.69, 9.17) is 0 Å². The Morgan fingerprint density at radius 1 is 0.500 bits per heavy atom. The average molecular weight is 495 g/mol. The van der Waals surface area contributed by atoms with Crippen LogP contribution in [0.3, 0.4) is 0 Å². The van der Waals surface area contributed by atoms with E-state index in [0.29, 0.717) is 22.5 Å². The van der Waals surface area contributed by atoms with Gasteiger partial charge in [0.25, 0.3) is 11.8 Å². The highest BCUT2D eigenvalue weighted by Gasteiger charge is 2.41. The molecular formula is C32H22N4O2. The first-order chi connectivity index (χ1) is 18.5. The number of hydrogen-bond donors (Lipinski definition) is 2. The van der Waals surface area contributed by atoms with Crippen molar-refractivity contribution in [2.24, 2.45) is 14.1 Å². The first-order valence-electron chi connectivity index (χ1n) is 12.6. The molecule has 0 saturated heterocycles. The second kappa shape index (κ2) is 7.23. The highest BCUT2D eigenvalue weighted by molar-refractivity contribution is 6.30. The summed E-state index contributed by atoms with van der Waals surface area (Å²) in [4.78, 5) is 26.6. The van der Waals surface area contributed by atoms with E-state index in [1.807, 2.05) is 62.6 Å². The minimum Gasteiger partial charge on any atom is -0.344 e. The molecule has 6 nitrogen and oxygen atoms in total. The standard InChI is InChI=1S/C32H22N4O2/c1-35-23-9-5-3-7-19(23)21-15-17(11-13-25(21)35)29-27-28(32(38)33-29)30(34-31(27)37)18-12-14-26-22(16-18)20-8-4-6-10-24(20)36(26)2/h3-16H,1-2H3,(H,33,38)(H,34,37). The molecule has 2 aliphatic rings. The zero-order valence-electron chi connectivity index (χ0n) is 20.8. The van der Waals surface area contributed by atoms with Crippen LogP contribution in [0.25, 0.3) is 55.0 Å². The maximum Gasteiger partial charge on any atom is 0.258 e. The van der Waals surface area contributed by atoms with Gasteiger partial charge in [0, 0.05) is 57.7 Å². The minimum atomic E-state index is -0.264. The van der Waals surface area contributed by atoms with Gasteiger partial charge in [-0.25, -0.2) is 0 Å². The topological polar surface area (TPSA) is 68.1 Å². The van der Waals surface area contributed by atoms with Crippen molar-refractivity contribution in [3.8, 4) is 0 Å². The lowest BCUT2D eigenvalue weighted by molar-refractivity contribution is -0.117. The highest BCUT2D eigenvalue weighted by atomic mass is 16.2. The smallest absolute Gasteiger partial charge is 0.258 e. The van der Waals surface area contributed by atoms with Crippen LogP contribution in [0.2, 0.25) is 0 Å². The Labute approximate surface area is 217 Å². The van der Waals surface area contributed by atoms with E-state index in [1.54, 1.807) is 0 Å². The second-order valence-electron chi connectivity index (χ2n) is 10.0. The van der Waals surface area contributed by atoms with E-state index in [1.165, 1.54) is 0 Å². The van der Waals surface area contributed by atoms with Crippen molar-refractivity contribution in [1.29, 1.82) is 0 Å². The average Bonchev–Trinajstić information content (AvgIpc) is 3.65. The van der Waals surface area contributed by atoms with Gasteiger partial charge in [-0.2, -0.15) is 0 Å². The fourth-order valence-corrected chi connectivity index (χ4v) is 6.26. The predicted molar refractivity (Wildman–Crippen MR) is 151 cm³/mol. The van der Waals surface area contributed by atoms with Gasteiger partial charge in [0.1, 0.15) is 0 Å². The molecule has 0 atom stereocenters. The molecule has 2 N–H and O–H groups in total. The van der Waals surface area contributed by atoms with Crippen molar-refractivity contribution < 1.29 is 9.59 Å². The van der Waals surface area contributed by atoms with Gasteiger partial charge < -0.3 is 19.8 Å². The predicted octanol–water partition coefficient (Wildman–Crippen LogP) is 5.36. The third-order valence-electron chi connectivity index (χ3n) is 8.09. The summed E-state index contributed by atoms with van der Waals surface area (Å²) in [6.45, 7) is 0. The minimum absolute atomic E-state index is 0.264. The Morgan fingerprint density at radius 2 is 0.895 bits per heavy atom. The number of nitrogens with zero attached hydrogens (tertiary/aromatic N) is 2. The monoisotopic (exact) mass is 494 g/mol. The summed E-state index contributed by atoms with van der Waals surface area (Å²) in [5, 5.41) is 10.4. The van der Waals surface area contributed by atoms with Gasteiger partial charge in [0.2, 0.25) is 0 Å². The van der Waals surface area contributed by atoms with Crippen molar-refractivity contribution in [3.05, 3.63) is 107 Å². The van der Waals surface area contributed by atoms with Gasteiger partial charge in [-0.3, -0.25) is 9.59 Å². The molecule has 0 saturated carbocycles. The number of aryl methyl sites for hydroxylation is 2. The zero-order chi connectivity index (χ0) is 25.7. The summed E-state index contributed by atoms with van der Waals surface area (Å²) in [5.41, 5.74) is 8.01. The van der Waals surface area contributed by atoms with E-state index in [0.717, 1.165) is 54.7 Å². The summed E-state index contributed by atoms with van der Waals surface area (Å²) in [5.74, 6) is -0.529. The normalized spacial score (nSPS) is 15.4. The van der Waals surface area contributed by atoms with Crippen molar-refractivity contribution in [1.82, 2.24) is 19.8 Å². The molecule has 0 spiro atoms. The molecule has 0 aliphatic carbocycles. The fourth-order valence-electron chi connectivity index (χ4n) is 6.26. The van der Waals surface area contributed by atoms with Gasteiger partial charge in [-0.1, -0.05) is 48.5 Å². The number of carbonyl (C=O) groups is 2. The number of aromatic nitrogens is 2. The van der Waals surface area contributed by atoms with Crippen molar-refractivity contribution in [2.75, 3.05) is 0 Å². The van der Waals surface area contributed by atoms with Crippen LogP contribution in [0.4, 0.5) is 0 Å². The van der Waals surface area contributed by atoms with Crippen LogP contribution in [0.5, 0.6) is 0 Å². The van der Waals surface area contributed by atoms with Crippen molar-refractivity contribution >= 4 is 66.8 Å². The van der Waals surface area contributed by atoms with Crippen LogP contribution in [0.1, 0.15) is 11.1 Å². The maximum atomic E-state index is 13.3. The lowest BCUT2D eigenvalue weighted by Crippen LogP contribution is -2.21. The van der Waals surface area contributed by atoms with Gasteiger partial charge in [0.05, 0.1) is 22.5 Å². The largest absolute Gasteiger partial charge is 0.344 e. The summed E-state index contributed by atoms with van der Waals surface area (Å²) < 4.78 is 4.32. The van der Waals surface area contributed by atoms with Crippen LogP contribution in [0, 0.1) is 0 Å². The molecule has 0 unspecified atom stereocenters. The highest BCUT2D eigenvalue weighted by Crippen LogP contribution is 2.40. The molecule has 2 amide bonds. The third-order valence-corrected chi connectivity index (χ3v) is 8.09. The van der Waals surface area contributed by atoms with E-state index in [2.05, 4.69) is 56.2 Å². The van der Waals surface area contributed by atoms with Gasteiger partial charge >= 0.3 is 0 Å². The molecule has 4 heterocycles. The van der Waals surface area contributed by atoms with Gasteiger partial charge in [-0.15, -0.1) is 0 Å². The van der Waals surface area contributed by atoms with Crippen LogP contribution < -0.4 is 10.6 Å². The molecule has 8 rings (SSSR count). The first kappa shape index (κ1) is 21.0. The Kier molecular flexibility index (Phi) is 4.00. The lowest BCUT2D eigenvalue weighted by atomic mass is 10.00. The van der Waals surface area contributed by atoms with Gasteiger partial charge in [-0.05, 0) is 47.5 Å². The Hall–Kier alpha value is -5.10. The molecule has 0 radical (unpaired) electrons. The number of hydrogen-bond acceptors (Lipinski definition) is 2. The Balaban J connectivity index is 1.33. The van der Waals surface area contributed by atoms with Gasteiger partial charge in [0.15, 0.2) is 0 Å². The van der Waals surface area contributed by atoms with Crippen LogP contribution in [-0.4, -0.2) is 20.9 Å². The molecular weight excluding hydrogens is 472 g/mol. The SMILES string of the molecule is Cn1c2ccccc2c2cc(C3=C4C(=O)NC(c5ccc6c(c5)c5ccccc5n6C)=C4C(=O)N3)ccc21. The summed E-state index contributed by atoms with van der Waals surface area (Å²) >= 11 is 0. The number of benzene rings is 4. The van der Waals surface area contributed by atoms with Crippen LogP contribution in [-0.2, 0) is 23.7 Å². The third kappa shape index (κ3) is 2.61. The number of nitrogens with one attached hydrogen (secondary N) is 2. The number of fused-ring (bicyclic) bond motifs is 7. The van der Waals surface area contributed by atoms with Crippen LogP contribution >= 0.6 is 0 Å². The summed E-state index contributed by atoms with van der Waals surface area (Å²) in [6.07, 6.45) is 0. The lowest BCUT2D eigenvalue weighted by Gasteiger charge is -2.08. The molecule has 4 aromatic carbocycles. The second-order valence-corrected chi connectivity index (χ2v) is 10.0. The number of para-hydroxylation sites is 2. The fraction of sp³-hybridized carbons (Fsp3) is 0.0625. The molecule has 182 valence electrons. The molecule has 2 aliphatic heterocycles. The van der Waals surface area contributed by atoms with E-state index in [-0.39, 0.29) is 11.8 Å². The van der Waals surface area contributed by atoms with E-state index < -0.39 is 0 Å². The maximum absolute atomic E-state index is 13.3. The molecule has 0 fully saturated rings. The summed E-state index contributed by atoms with van der Waals surface area (Å²) in [7, 11) is 4.10. The summed E-state index contributed by atoms with van der Waals surface area (Å²) in [6, 6.07) is 28.7. The number of carbonyl (C=O) groups excluding carboxylic acids is 2. The molecule has 38 heavy (non-hydrogen) atoms. The van der Waals surface area contributed by atoms with E-state index in [9.17, 15) is 9.59 Å². The Bertz CT molecular complexity index is 1980. The van der Waals surface area contributed by atoms with E-state index >= 15 is 0 Å². The number of rotatable bonds is 2. The molecule has 0 bridgehead atoms. The number of amides is 2. The van der Waals surface area contributed by atoms with Crippen LogP contribution in [0.15, 0.2) is 96.1 Å². The molecule has 6 heteroatoms. The molecule has 6 aromatic rings.